The van der Waals surface area contributed by atoms with Gasteiger partial charge in [0.05, 0.1) is 22.3 Å². The minimum atomic E-state index is -5.10. The Morgan fingerprint density at radius 3 is 0.854 bits per heavy atom. The Bertz CT molecular complexity index is 1810. The normalized spacial score (nSPS) is 13.4. The summed E-state index contributed by atoms with van der Waals surface area (Å²) in [6, 6.07) is 11.7. The fourth-order valence-electron chi connectivity index (χ4n) is 5.69. The molecule has 0 aliphatic rings. The van der Waals surface area contributed by atoms with Crippen LogP contribution in [0.5, 0.6) is 0 Å². The third kappa shape index (κ3) is 6.84. The Kier molecular flexibility index (Phi) is 8.58. The molecule has 12 heteroatoms. The number of hydrogen-bond acceptors (Lipinski definition) is 0. The second-order valence-electron chi connectivity index (χ2n) is 12.3. The van der Waals surface area contributed by atoms with Crippen LogP contribution >= 0.6 is 0 Å². The molecular weight excluding hydrogens is 660 g/mol. The molecule has 0 nitrogen and oxygen atoms in total. The SMILES string of the molecule is CC(C)c1cc(-c2cc(C(F)(F)F)cc(C(F)(F)F)c2)c2ccc3c(-c4cc(C(F)(F)F)cc(C(F)(F)F)c4)cc(C(C)C)cc3c2c1. The van der Waals surface area contributed by atoms with Crippen LogP contribution in [0.15, 0.2) is 72.8 Å². The molecule has 0 unspecified atom stereocenters. The van der Waals surface area contributed by atoms with Gasteiger partial charge in [0, 0.05) is 0 Å². The van der Waals surface area contributed by atoms with E-state index >= 15 is 0 Å². The number of benzene rings is 5. The van der Waals surface area contributed by atoms with Gasteiger partial charge in [0.25, 0.3) is 0 Å². The Morgan fingerprint density at radius 2 is 0.625 bits per heavy atom. The lowest BCUT2D eigenvalue weighted by Crippen LogP contribution is -2.11. The molecule has 0 amide bonds. The van der Waals surface area contributed by atoms with E-state index in [2.05, 4.69) is 0 Å². The van der Waals surface area contributed by atoms with Gasteiger partial charge in [-0.3, -0.25) is 0 Å². The lowest BCUT2D eigenvalue weighted by atomic mass is 9.85. The molecule has 0 N–H and O–H groups in total. The van der Waals surface area contributed by atoms with Crippen molar-refractivity contribution in [2.24, 2.45) is 0 Å². The van der Waals surface area contributed by atoms with E-state index in [0.29, 0.717) is 46.2 Å². The summed E-state index contributed by atoms with van der Waals surface area (Å²) in [4.78, 5) is 0. The largest absolute Gasteiger partial charge is 0.416 e. The maximum absolute atomic E-state index is 13.8. The van der Waals surface area contributed by atoms with Gasteiger partial charge in [0.1, 0.15) is 0 Å². The monoisotopic (exact) mass is 686 g/mol. The summed E-state index contributed by atoms with van der Waals surface area (Å²) >= 11 is 0. The van der Waals surface area contributed by atoms with Gasteiger partial charge < -0.3 is 0 Å². The lowest BCUT2D eigenvalue weighted by Gasteiger charge is -2.20. The zero-order chi connectivity index (χ0) is 35.7. The molecule has 5 aromatic rings. The summed E-state index contributed by atoms with van der Waals surface area (Å²) in [5, 5.41) is 1.19. The second kappa shape index (κ2) is 11.7. The van der Waals surface area contributed by atoms with Gasteiger partial charge in [-0.1, -0.05) is 64.1 Å². The van der Waals surface area contributed by atoms with Crippen molar-refractivity contribution < 1.29 is 52.7 Å². The van der Waals surface area contributed by atoms with Gasteiger partial charge in [-0.2, -0.15) is 52.7 Å². The molecular formula is C36H26F12. The van der Waals surface area contributed by atoms with E-state index in [0.717, 1.165) is 0 Å². The van der Waals surface area contributed by atoms with Crippen LogP contribution in [0.25, 0.3) is 43.8 Å². The van der Waals surface area contributed by atoms with Crippen molar-refractivity contribution in [3.05, 3.63) is 106 Å². The van der Waals surface area contributed by atoms with Crippen LogP contribution < -0.4 is 0 Å². The fraction of sp³-hybridized carbons (Fsp3) is 0.278. The van der Waals surface area contributed by atoms with E-state index in [1.807, 2.05) is 0 Å². The number of alkyl halides is 12. The third-order valence-electron chi connectivity index (χ3n) is 8.24. The summed E-state index contributed by atoms with van der Waals surface area (Å²) < 4.78 is 166. The highest BCUT2D eigenvalue weighted by atomic mass is 19.4. The number of fused-ring (bicyclic) bond motifs is 3. The van der Waals surface area contributed by atoms with E-state index in [9.17, 15) is 52.7 Å². The Labute approximate surface area is 267 Å². The third-order valence-corrected chi connectivity index (χ3v) is 8.24. The van der Waals surface area contributed by atoms with E-state index < -0.39 is 47.0 Å². The molecule has 0 fully saturated rings. The first-order valence-corrected chi connectivity index (χ1v) is 14.6. The Balaban J connectivity index is 1.93. The highest BCUT2D eigenvalue weighted by molar-refractivity contribution is 6.16. The minimum absolute atomic E-state index is 0.0266. The van der Waals surface area contributed by atoms with Gasteiger partial charge in [-0.25, -0.2) is 0 Å². The lowest BCUT2D eigenvalue weighted by molar-refractivity contribution is -0.144. The summed E-state index contributed by atoms with van der Waals surface area (Å²) in [6.45, 7) is 7.04. The fourth-order valence-corrected chi connectivity index (χ4v) is 5.69. The van der Waals surface area contributed by atoms with E-state index in [1.165, 1.54) is 24.3 Å². The summed E-state index contributed by atoms with van der Waals surface area (Å²) in [5.74, 6) is -0.552. The molecule has 0 saturated heterocycles. The minimum Gasteiger partial charge on any atom is -0.166 e. The van der Waals surface area contributed by atoms with Crippen LogP contribution in [0.4, 0.5) is 52.7 Å². The Hall–Kier alpha value is -4.22. The van der Waals surface area contributed by atoms with Crippen molar-refractivity contribution in [2.75, 3.05) is 0 Å². The molecule has 0 spiro atoms. The van der Waals surface area contributed by atoms with Crippen molar-refractivity contribution in [3.8, 4) is 22.3 Å². The number of rotatable bonds is 4. The van der Waals surface area contributed by atoms with Gasteiger partial charge >= 0.3 is 24.7 Å². The molecule has 254 valence electrons. The van der Waals surface area contributed by atoms with Gasteiger partial charge in [0.2, 0.25) is 0 Å². The highest BCUT2D eigenvalue weighted by Gasteiger charge is 2.38. The van der Waals surface area contributed by atoms with Crippen LogP contribution in [0.2, 0.25) is 0 Å². The first kappa shape index (κ1) is 35.1. The van der Waals surface area contributed by atoms with Crippen molar-refractivity contribution >= 4 is 21.5 Å². The quantitative estimate of drug-likeness (QED) is 0.130. The van der Waals surface area contributed by atoms with Gasteiger partial charge in [0.15, 0.2) is 0 Å². The topological polar surface area (TPSA) is 0 Å². The number of hydrogen-bond donors (Lipinski definition) is 0. The maximum atomic E-state index is 13.8. The zero-order valence-corrected chi connectivity index (χ0v) is 25.6. The highest BCUT2D eigenvalue weighted by Crippen LogP contribution is 2.45. The summed E-state index contributed by atoms with van der Waals surface area (Å²) in [5.41, 5.74) is -5.60. The predicted octanol–water partition coefficient (Wildman–Crippen LogP) is 13.6. The van der Waals surface area contributed by atoms with E-state index in [4.69, 9.17) is 0 Å². The van der Waals surface area contributed by atoms with E-state index in [1.54, 1.807) is 39.8 Å². The molecule has 0 bridgehead atoms. The predicted molar refractivity (Wildman–Crippen MR) is 161 cm³/mol. The van der Waals surface area contributed by atoms with Gasteiger partial charge in [-0.15, -0.1) is 0 Å². The van der Waals surface area contributed by atoms with Crippen molar-refractivity contribution in [2.45, 2.75) is 64.2 Å². The Morgan fingerprint density at radius 1 is 0.354 bits per heavy atom. The smallest absolute Gasteiger partial charge is 0.166 e. The molecule has 0 aliphatic heterocycles. The molecule has 0 heterocycles. The first-order chi connectivity index (χ1) is 21.9. The van der Waals surface area contributed by atoms with Gasteiger partial charge in [-0.05, 0) is 103 Å². The second-order valence-corrected chi connectivity index (χ2v) is 12.3. The molecule has 48 heavy (non-hydrogen) atoms. The summed E-state index contributed by atoms with van der Waals surface area (Å²) in [6.07, 6.45) is -20.4. The van der Waals surface area contributed by atoms with Crippen LogP contribution in [-0.2, 0) is 24.7 Å². The average molecular weight is 687 g/mol. The standard InChI is InChI=1S/C36H26F12/c1-17(2)19-11-29(21-7-23(33(37,38)39)15-24(8-21)34(40,41)42)27-5-6-28-30(12-20(18(3)4)14-32(28)31(27)13-19)22-9-25(35(43,44)45)16-26(10-22)36(46,47)48/h5-18H,1-4H3. The van der Waals surface area contributed by atoms with Crippen LogP contribution in [-0.4, -0.2) is 0 Å². The van der Waals surface area contributed by atoms with Crippen LogP contribution in [0.3, 0.4) is 0 Å². The van der Waals surface area contributed by atoms with Crippen molar-refractivity contribution in [1.82, 2.24) is 0 Å². The molecule has 5 rings (SSSR count). The van der Waals surface area contributed by atoms with E-state index in [-0.39, 0.29) is 57.0 Å². The average Bonchev–Trinajstić information content (AvgIpc) is 2.97. The molecule has 5 aromatic carbocycles. The molecule has 0 aliphatic carbocycles. The molecule has 0 aromatic heterocycles. The zero-order valence-electron chi connectivity index (χ0n) is 25.6. The van der Waals surface area contributed by atoms with Crippen LogP contribution in [0.1, 0.15) is 72.9 Å². The van der Waals surface area contributed by atoms with Crippen molar-refractivity contribution in [1.29, 1.82) is 0 Å². The summed E-state index contributed by atoms with van der Waals surface area (Å²) in [7, 11) is 0. The molecule has 0 radical (unpaired) electrons. The molecule has 0 saturated carbocycles. The number of halogens is 12. The molecule has 0 atom stereocenters. The van der Waals surface area contributed by atoms with Crippen molar-refractivity contribution in [3.63, 3.8) is 0 Å². The maximum Gasteiger partial charge on any atom is 0.416 e. The first-order valence-electron chi connectivity index (χ1n) is 14.6. The van der Waals surface area contributed by atoms with Crippen LogP contribution in [0, 0.1) is 0 Å².